The number of nitrogens with zero attached hydrogens (tertiary/aromatic N) is 5. The Hall–Kier alpha value is -2.74. The number of anilines is 1. The molecule has 27 heavy (non-hydrogen) atoms. The molecule has 1 aliphatic rings. The Labute approximate surface area is 157 Å². The van der Waals surface area contributed by atoms with Gasteiger partial charge in [-0.2, -0.15) is 0 Å². The molecule has 1 saturated heterocycles. The van der Waals surface area contributed by atoms with E-state index in [-0.39, 0.29) is 11.3 Å². The number of fused-ring (bicyclic) bond motifs is 1. The molecule has 142 valence electrons. The molecule has 2 N–H and O–H groups in total. The molecule has 0 amide bonds. The lowest BCUT2D eigenvalue weighted by molar-refractivity contribution is 0.373. The van der Waals surface area contributed by atoms with Gasteiger partial charge >= 0.3 is 0 Å². The molecule has 0 spiro atoms. The van der Waals surface area contributed by atoms with Crippen LogP contribution in [0.4, 0.5) is 5.95 Å². The van der Waals surface area contributed by atoms with Crippen LogP contribution in [0.25, 0.3) is 22.4 Å². The molecule has 8 nitrogen and oxygen atoms in total. The van der Waals surface area contributed by atoms with E-state index in [9.17, 15) is 5.11 Å². The standard InChI is InChI=1S/C19H24N6O2/c1-11-21-14-8-16(26)13(7-17(14)27-11)15-9-20-18(24-23-15)25-6-5-12(10-25)22-19(2,3)4/h7-9,12,22,26H,5-6,10H2,1-4H3. The molecule has 3 heterocycles. The van der Waals surface area contributed by atoms with Gasteiger partial charge in [-0.25, -0.2) is 9.97 Å². The van der Waals surface area contributed by atoms with Crippen molar-refractivity contribution >= 4 is 17.0 Å². The first-order valence-electron chi connectivity index (χ1n) is 9.11. The summed E-state index contributed by atoms with van der Waals surface area (Å²) in [5.74, 6) is 1.23. The van der Waals surface area contributed by atoms with Crippen LogP contribution < -0.4 is 10.2 Å². The number of nitrogens with one attached hydrogen (secondary N) is 1. The second-order valence-corrected chi connectivity index (χ2v) is 8.04. The zero-order chi connectivity index (χ0) is 19.2. The van der Waals surface area contributed by atoms with Gasteiger partial charge in [0.1, 0.15) is 17.0 Å². The summed E-state index contributed by atoms with van der Waals surface area (Å²) in [5.41, 5.74) is 2.32. The highest BCUT2D eigenvalue weighted by Gasteiger charge is 2.27. The fourth-order valence-corrected chi connectivity index (χ4v) is 3.49. The van der Waals surface area contributed by atoms with Crippen LogP contribution in [0.5, 0.6) is 5.75 Å². The lowest BCUT2D eigenvalue weighted by Crippen LogP contribution is -2.45. The van der Waals surface area contributed by atoms with Gasteiger partial charge < -0.3 is 19.7 Å². The number of rotatable bonds is 3. The summed E-state index contributed by atoms with van der Waals surface area (Å²) < 4.78 is 5.54. The predicted molar refractivity (Wildman–Crippen MR) is 103 cm³/mol. The maximum atomic E-state index is 10.3. The number of aryl methyl sites for hydroxylation is 1. The van der Waals surface area contributed by atoms with Crippen molar-refractivity contribution in [3.63, 3.8) is 0 Å². The Bertz CT molecular complexity index is 961. The minimum Gasteiger partial charge on any atom is -0.507 e. The highest BCUT2D eigenvalue weighted by Crippen LogP contribution is 2.32. The quantitative estimate of drug-likeness (QED) is 0.728. The molecular formula is C19H24N6O2. The molecule has 4 rings (SSSR count). The number of phenolic OH excluding ortho intramolecular Hbond substituents is 1. The molecule has 1 fully saturated rings. The first kappa shape index (κ1) is 17.7. The number of hydrogen-bond donors (Lipinski definition) is 2. The SMILES string of the molecule is Cc1nc2cc(O)c(-c3cnc(N4CCC(NC(C)(C)C)C4)nn3)cc2o1. The summed E-state index contributed by atoms with van der Waals surface area (Å²) >= 11 is 0. The number of phenols is 1. The monoisotopic (exact) mass is 368 g/mol. The van der Waals surface area contributed by atoms with Crippen molar-refractivity contribution in [1.29, 1.82) is 0 Å². The Balaban J connectivity index is 1.54. The molecular weight excluding hydrogens is 344 g/mol. The van der Waals surface area contributed by atoms with Gasteiger partial charge in [0.25, 0.3) is 0 Å². The van der Waals surface area contributed by atoms with Crippen LogP contribution in [0, 0.1) is 6.92 Å². The van der Waals surface area contributed by atoms with E-state index in [1.165, 1.54) is 0 Å². The maximum Gasteiger partial charge on any atom is 0.245 e. The topological polar surface area (TPSA) is 100 Å². The molecule has 3 aromatic rings. The smallest absolute Gasteiger partial charge is 0.245 e. The first-order chi connectivity index (χ1) is 12.8. The van der Waals surface area contributed by atoms with Gasteiger partial charge in [0.05, 0.1) is 6.20 Å². The summed E-state index contributed by atoms with van der Waals surface area (Å²) in [6, 6.07) is 3.70. The van der Waals surface area contributed by atoms with Gasteiger partial charge in [0, 0.05) is 43.2 Å². The van der Waals surface area contributed by atoms with Crippen molar-refractivity contribution in [1.82, 2.24) is 25.5 Å². The summed E-state index contributed by atoms with van der Waals surface area (Å²) in [4.78, 5) is 10.8. The van der Waals surface area contributed by atoms with Gasteiger partial charge in [-0.3, -0.25) is 0 Å². The van der Waals surface area contributed by atoms with E-state index in [4.69, 9.17) is 4.42 Å². The average Bonchev–Trinajstić information content (AvgIpc) is 3.18. The van der Waals surface area contributed by atoms with Crippen LogP contribution in [-0.4, -0.2) is 49.9 Å². The van der Waals surface area contributed by atoms with Gasteiger partial charge in [-0.1, -0.05) is 0 Å². The van der Waals surface area contributed by atoms with E-state index in [2.05, 4.69) is 51.2 Å². The van der Waals surface area contributed by atoms with Gasteiger partial charge in [-0.05, 0) is 33.3 Å². The second-order valence-electron chi connectivity index (χ2n) is 8.04. The van der Waals surface area contributed by atoms with Crippen molar-refractivity contribution in [2.75, 3.05) is 18.0 Å². The lowest BCUT2D eigenvalue weighted by Gasteiger charge is -2.25. The largest absolute Gasteiger partial charge is 0.507 e. The molecule has 1 unspecified atom stereocenters. The van der Waals surface area contributed by atoms with Crippen molar-refractivity contribution < 1.29 is 9.52 Å². The molecule has 8 heteroatoms. The molecule has 0 aliphatic carbocycles. The number of hydrogen-bond acceptors (Lipinski definition) is 8. The molecule has 0 bridgehead atoms. The summed E-state index contributed by atoms with van der Waals surface area (Å²) in [5, 5.41) is 22.5. The summed E-state index contributed by atoms with van der Waals surface area (Å²) in [6.07, 6.45) is 2.68. The predicted octanol–water partition coefficient (Wildman–Crippen LogP) is 2.66. The first-order valence-corrected chi connectivity index (χ1v) is 9.11. The fourth-order valence-electron chi connectivity index (χ4n) is 3.49. The molecule has 1 atom stereocenters. The van der Waals surface area contributed by atoms with Crippen molar-refractivity contribution in [2.24, 2.45) is 0 Å². The molecule has 2 aromatic heterocycles. The Kier molecular flexibility index (Phi) is 4.22. The third-order valence-electron chi connectivity index (χ3n) is 4.55. The second kappa shape index (κ2) is 6.45. The third kappa shape index (κ3) is 3.71. The van der Waals surface area contributed by atoms with Crippen LogP contribution in [0.2, 0.25) is 0 Å². The molecule has 1 aromatic carbocycles. The fraction of sp³-hybridized carbons (Fsp3) is 0.474. The van der Waals surface area contributed by atoms with Crippen LogP contribution in [0.1, 0.15) is 33.1 Å². The van der Waals surface area contributed by atoms with E-state index >= 15 is 0 Å². The van der Waals surface area contributed by atoms with Crippen molar-refractivity contribution in [3.05, 3.63) is 24.2 Å². The third-order valence-corrected chi connectivity index (χ3v) is 4.55. The maximum absolute atomic E-state index is 10.3. The van der Waals surface area contributed by atoms with Crippen LogP contribution in [0.3, 0.4) is 0 Å². The molecule has 0 saturated carbocycles. The van der Waals surface area contributed by atoms with Crippen LogP contribution in [-0.2, 0) is 0 Å². The molecule has 1 aliphatic heterocycles. The van der Waals surface area contributed by atoms with E-state index in [0.717, 1.165) is 19.5 Å². The van der Waals surface area contributed by atoms with E-state index in [0.29, 0.717) is 40.2 Å². The number of benzene rings is 1. The van der Waals surface area contributed by atoms with Gasteiger partial charge in [0.15, 0.2) is 11.5 Å². The number of aromatic hydroxyl groups is 1. The van der Waals surface area contributed by atoms with Gasteiger partial charge in [-0.15, -0.1) is 10.2 Å². The van der Waals surface area contributed by atoms with Crippen LogP contribution in [0.15, 0.2) is 22.7 Å². The zero-order valence-electron chi connectivity index (χ0n) is 16.0. The van der Waals surface area contributed by atoms with E-state index in [1.807, 2.05) is 0 Å². The minimum atomic E-state index is 0.0789. The van der Waals surface area contributed by atoms with Gasteiger partial charge in [0.2, 0.25) is 5.95 Å². The Morgan fingerprint density at radius 2 is 2.07 bits per heavy atom. The zero-order valence-corrected chi connectivity index (χ0v) is 16.0. The lowest BCUT2D eigenvalue weighted by atomic mass is 10.1. The number of aromatic nitrogens is 4. The Morgan fingerprint density at radius 3 is 2.78 bits per heavy atom. The van der Waals surface area contributed by atoms with E-state index in [1.54, 1.807) is 25.3 Å². The summed E-state index contributed by atoms with van der Waals surface area (Å²) in [7, 11) is 0. The minimum absolute atomic E-state index is 0.0789. The number of oxazole rings is 1. The normalized spacial score (nSPS) is 17.8. The van der Waals surface area contributed by atoms with Crippen molar-refractivity contribution in [3.8, 4) is 17.0 Å². The molecule has 0 radical (unpaired) electrons. The highest BCUT2D eigenvalue weighted by molar-refractivity contribution is 5.83. The average molecular weight is 368 g/mol. The van der Waals surface area contributed by atoms with E-state index < -0.39 is 0 Å². The summed E-state index contributed by atoms with van der Waals surface area (Å²) in [6.45, 7) is 10.0. The Morgan fingerprint density at radius 1 is 1.26 bits per heavy atom. The van der Waals surface area contributed by atoms with Crippen molar-refractivity contribution in [2.45, 2.75) is 45.7 Å². The van der Waals surface area contributed by atoms with Crippen LogP contribution >= 0.6 is 0 Å². The highest BCUT2D eigenvalue weighted by atomic mass is 16.3.